The molecule has 0 N–H and O–H groups in total. The number of rotatable bonds is 13. The first-order chi connectivity index (χ1) is 31.7. The Morgan fingerprint density at radius 3 is 1.00 bits per heavy atom. The predicted octanol–water partition coefficient (Wildman–Crippen LogP) is 12.6. The second kappa shape index (κ2) is 22.3. The topological polar surface area (TPSA) is 111 Å². The van der Waals surface area contributed by atoms with Crippen molar-refractivity contribution in [3.63, 3.8) is 0 Å². The summed E-state index contributed by atoms with van der Waals surface area (Å²) in [7, 11) is -32.7. The van der Waals surface area contributed by atoms with Crippen LogP contribution in [0.3, 0.4) is 0 Å². The summed E-state index contributed by atoms with van der Waals surface area (Å²) in [5.74, 6) is 0.395. The van der Waals surface area contributed by atoms with E-state index in [-0.39, 0.29) is 27.7 Å². The van der Waals surface area contributed by atoms with Gasteiger partial charge in [0.25, 0.3) is 0 Å². The summed E-state index contributed by atoms with van der Waals surface area (Å²) in [6, 6.07) is 0.712. The van der Waals surface area contributed by atoms with E-state index in [0.29, 0.717) is 12.0 Å². The monoisotopic (exact) mass is 1090 g/mol. The summed E-state index contributed by atoms with van der Waals surface area (Å²) in [4.78, 5) is 0. The second-order valence-electron chi connectivity index (χ2n) is 23.4. The summed E-state index contributed by atoms with van der Waals surface area (Å²) in [5.41, 5.74) is 0.379. The molecule has 0 radical (unpaired) electrons. The van der Waals surface area contributed by atoms with Crippen LogP contribution in [0.25, 0.3) is 0 Å². The molecule has 3 heterocycles. The van der Waals surface area contributed by atoms with Crippen molar-refractivity contribution >= 4 is 88.8 Å². The van der Waals surface area contributed by atoms with Gasteiger partial charge in [0.15, 0.2) is 27.1 Å². The molecule has 7 unspecified atom stereocenters. The van der Waals surface area contributed by atoms with Crippen LogP contribution in [-0.4, -0.2) is 88.8 Å². The van der Waals surface area contributed by atoms with Crippen LogP contribution in [0.5, 0.6) is 0 Å². The van der Waals surface area contributed by atoms with E-state index in [9.17, 15) is 0 Å². The van der Waals surface area contributed by atoms with Crippen LogP contribution in [0, 0.1) is 5.92 Å². The fraction of sp³-hybridized carbons (Fsp3) is 1.00. The van der Waals surface area contributed by atoms with Gasteiger partial charge in [-0.1, -0.05) is 128 Å². The molecule has 9 fully saturated rings. The van der Waals surface area contributed by atoms with E-state index in [1.54, 1.807) is 0 Å². The van der Waals surface area contributed by atoms with Crippen molar-refractivity contribution in [2.24, 2.45) is 5.92 Å². The first-order valence-electron chi connectivity index (χ1n) is 28.1. The molecule has 3 aliphatic heterocycles. The smallest absolute Gasteiger partial charge is 0.419 e. The molecular formula is C44H92O12Si10. The largest absolute Gasteiger partial charge is 0.482 e. The lowest BCUT2D eigenvalue weighted by Gasteiger charge is -2.62. The van der Waals surface area contributed by atoms with E-state index in [1.165, 1.54) is 51.4 Å². The molecular weight excluding hydrogens is 1000 g/mol. The van der Waals surface area contributed by atoms with Gasteiger partial charge in [-0.25, -0.2) is 0 Å². The van der Waals surface area contributed by atoms with Gasteiger partial charge in [-0.15, -0.1) is 0 Å². The lowest BCUT2D eigenvalue weighted by Crippen LogP contribution is -2.85. The molecule has 380 valence electrons. The molecule has 0 aromatic carbocycles. The Morgan fingerprint density at radius 2 is 0.636 bits per heavy atom. The molecule has 0 aromatic heterocycles. The van der Waals surface area contributed by atoms with Crippen LogP contribution in [0.1, 0.15) is 193 Å². The zero-order chi connectivity index (χ0) is 46.1. The normalized spacial score (nSPS) is 41.7. The van der Waals surface area contributed by atoms with Gasteiger partial charge in [0.2, 0.25) is 0 Å². The zero-order valence-electron chi connectivity index (χ0n) is 42.5. The quantitative estimate of drug-likeness (QED) is 0.164. The Hall–Kier alpha value is 1.69. The van der Waals surface area contributed by atoms with Crippen molar-refractivity contribution in [2.75, 3.05) is 0 Å². The van der Waals surface area contributed by atoms with Crippen molar-refractivity contribution in [3.8, 4) is 0 Å². The molecule has 9 aliphatic rings. The highest BCUT2D eigenvalue weighted by molar-refractivity contribution is 7.00. The predicted molar refractivity (Wildman–Crippen MR) is 281 cm³/mol. The van der Waals surface area contributed by atoms with Gasteiger partial charge in [-0.3, -0.25) is 0 Å². The summed E-state index contributed by atoms with van der Waals surface area (Å²) in [6.45, 7) is 16.0. The summed E-state index contributed by atoms with van der Waals surface area (Å²) in [5, 5.41) is 0. The highest BCUT2D eigenvalue weighted by Crippen LogP contribution is 2.59. The van der Waals surface area contributed by atoms with Gasteiger partial charge in [0.1, 0.15) is 0 Å². The SMILES string of the molecule is C[SiH](C)O[Si]1(C2CCCCC2)O[Si]2(C)O[Si](O[SiH](C)C)(C3CCCCC3)O[Si]3(C4CCCCC4)O[Si](O[SiH](C)C)(C4CCCCC4)O[Si](CC4CCCCC4)(O1)O[Si](C1CCCCC1)(O2)O3. The van der Waals surface area contributed by atoms with Crippen LogP contribution >= 0.6 is 0 Å². The fourth-order valence-electron chi connectivity index (χ4n) is 13.9. The zero-order valence-corrected chi connectivity index (χ0v) is 53.0. The minimum absolute atomic E-state index is 0.0380. The summed E-state index contributed by atoms with van der Waals surface area (Å²) in [6.07, 6.45) is 33.3. The van der Waals surface area contributed by atoms with Gasteiger partial charge in [0, 0.05) is 40.3 Å². The molecule has 4 bridgehead atoms. The van der Waals surface area contributed by atoms with Gasteiger partial charge in [0.05, 0.1) is 0 Å². The Balaban J connectivity index is 1.37. The number of hydrogen-bond donors (Lipinski definition) is 0. The third-order valence-electron chi connectivity index (χ3n) is 16.7. The molecule has 7 atom stereocenters. The highest BCUT2D eigenvalue weighted by atomic mass is 28.6. The van der Waals surface area contributed by atoms with Crippen molar-refractivity contribution in [1.82, 2.24) is 0 Å². The van der Waals surface area contributed by atoms with Crippen molar-refractivity contribution in [3.05, 3.63) is 0 Å². The number of hydrogen-bond acceptors (Lipinski definition) is 12. The third kappa shape index (κ3) is 11.6. The Labute approximate surface area is 413 Å². The molecule has 6 saturated carbocycles. The Morgan fingerprint density at radius 1 is 0.333 bits per heavy atom. The maximum atomic E-state index is 8.64. The van der Waals surface area contributed by atoms with Gasteiger partial charge >= 0.3 is 61.6 Å². The highest BCUT2D eigenvalue weighted by Gasteiger charge is 2.81. The maximum Gasteiger partial charge on any atom is 0.482 e. The lowest BCUT2D eigenvalue weighted by molar-refractivity contribution is -0.00489. The Kier molecular flexibility index (Phi) is 17.7. The van der Waals surface area contributed by atoms with Crippen LogP contribution in [0.2, 0.25) is 79.6 Å². The molecule has 22 heteroatoms. The minimum Gasteiger partial charge on any atom is -0.419 e. The molecule has 3 saturated heterocycles. The molecule has 66 heavy (non-hydrogen) atoms. The molecule has 6 aliphatic carbocycles. The summed E-state index contributed by atoms with van der Waals surface area (Å²) < 4.78 is 99.6. The summed E-state index contributed by atoms with van der Waals surface area (Å²) >= 11 is 0. The second-order valence-corrected chi connectivity index (χ2v) is 53.5. The number of fused-ring (bicyclic) bond motifs is 3. The van der Waals surface area contributed by atoms with E-state index in [0.717, 1.165) is 141 Å². The van der Waals surface area contributed by atoms with Crippen LogP contribution in [0.15, 0.2) is 0 Å². The third-order valence-corrected chi connectivity index (χ3v) is 57.1. The van der Waals surface area contributed by atoms with Crippen LogP contribution in [-0.2, 0) is 49.4 Å². The van der Waals surface area contributed by atoms with Crippen molar-refractivity contribution in [1.29, 1.82) is 0 Å². The molecule has 12 nitrogen and oxygen atoms in total. The Bertz CT molecular complexity index is 1560. The standard InChI is InChI=1S/C44H92O12Si10/c1-57(2)45-62(40-28-16-9-17-29-40)48-60(7)49-63(46-58(3)4,41-30-18-10-19-31-41)54-66(44-36-24-13-25-37-44)55-64(47-59(5)6,42-32-20-11-21-33-42)52-61(51-62,38-39-26-14-8-15-27-39)53-65(50-60,56-66)43-34-22-12-23-35-43/h39-44,57-59H,8-38H2,1-7H3. The first kappa shape index (κ1) is 52.5. The van der Waals surface area contributed by atoms with Crippen LogP contribution in [0.4, 0.5) is 0 Å². The fourth-order valence-corrected chi connectivity index (χ4v) is 67.8. The lowest BCUT2D eigenvalue weighted by atomic mass is 9.91. The van der Waals surface area contributed by atoms with Crippen LogP contribution < -0.4 is 0 Å². The molecule has 0 spiro atoms. The van der Waals surface area contributed by atoms with Gasteiger partial charge in [-0.05, 0) is 109 Å². The maximum absolute atomic E-state index is 8.64. The van der Waals surface area contributed by atoms with Gasteiger partial charge < -0.3 is 49.4 Å². The average Bonchev–Trinajstić information content (AvgIpc) is 3.28. The van der Waals surface area contributed by atoms with Gasteiger partial charge in [-0.2, -0.15) is 0 Å². The molecule has 9 rings (SSSR count). The first-order valence-corrected chi connectivity index (χ1v) is 49.6. The molecule has 0 aromatic rings. The van der Waals surface area contributed by atoms with E-state index >= 15 is 0 Å². The molecule has 0 amide bonds. The van der Waals surface area contributed by atoms with E-state index in [4.69, 9.17) is 49.4 Å². The van der Waals surface area contributed by atoms with E-state index in [1.807, 2.05) is 0 Å². The van der Waals surface area contributed by atoms with E-state index in [2.05, 4.69) is 45.8 Å². The van der Waals surface area contributed by atoms with Crippen molar-refractivity contribution < 1.29 is 49.4 Å². The minimum atomic E-state index is -3.99. The average molecular weight is 1090 g/mol. The van der Waals surface area contributed by atoms with E-state index < -0.39 is 88.8 Å². The van der Waals surface area contributed by atoms with Crippen molar-refractivity contribution in [2.45, 2.75) is 272 Å².